The standard InChI is InChI=1S/C16H14Cl2FNOS/c1-15(9-16(15,17)18)14(21)20-13(12-3-2-8-22-12)10-4-6-11(19)7-5-10/h2-8,13H,9H2,1H3,(H,20,21)/t13-,15-/m1/s1. The fourth-order valence-electron chi connectivity index (χ4n) is 2.37. The maximum atomic E-state index is 13.1. The zero-order valence-corrected chi connectivity index (χ0v) is 14.1. The van der Waals surface area contributed by atoms with Gasteiger partial charge in [0, 0.05) is 4.88 Å². The highest BCUT2D eigenvalue weighted by Crippen LogP contribution is 2.64. The molecule has 2 nitrogen and oxygen atoms in total. The summed E-state index contributed by atoms with van der Waals surface area (Å²) in [5.74, 6) is -0.505. The first kappa shape index (κ1) is 15.8. The van der Waals surface area contributed by atoms with Gasteiger partial charge in [-0.05, 0) is 42.5 Å². The lowest BCUT2D eigenvalue weighted by molar-refractivity contribution is -0.126. The first-order valence-electron chi connectivity index (χ1n) is 6.81. The van der Waals surface area contributed by atoms with Crippen molar-refractivity contribution in [1.82, 2.24) is 5.32 Å². The van der Waals surface area contributed by atoms with Crippen molar-refractivity contribution in [2.24, 2.45) is 5.41 Å². The summed E-state index contributed by atoms with van der Waals surface area (Å²) in [6, 6.07) is 9.61. The third-order valence-electron chi connectivity index (χ3n) is 4.07. The maximum Gasteiger partial charge on any atom is 0.229 e. The molecule has 1 heterocycles. The maximum absolute atomic E-state index is 13.1. The van der Waals surface area contributed by atoms with Gasteiger partial charge in [-0.1, -0.05) is 18.2 Å². The van der Waals surface area contributed by atoms with Crippen LogP contribution in [0.25, 0.3) is 0 Å². The van der Waals surface area contributed by atoms with Crippen LogP contribution in [0.4, 0.5) is 4.39 Å². The van der Waals surface area contributed by atoms with Crippen LogP contribution in [-0.2, 0) is 4.79 Å². The molecule has 1 N–H and O–H groups in total. The summed E-state index contributed by atoms with van der Waals surface area (Å²) in [5, 5.41) is 4.93. The first-order chi connectivity index (χ1) is 10.3. The Hall–Kier alpha value is -1.10. The van der Waals surface area contributed by atoms with E-state index in [9.17, 15) is 9.18 Å². The number of carbonyl (C=O) groups excluding carboxylic acids is 1. The second-order valence-corrected chi connectivity index (χ2v) is 8.15. The van der Waals surface area contributed by atoms with Gasteiger partial charge in [0.05, 0.1) is 11.5 Å². The van der Waals surface area contributed by atoms with Crippen molar-refractivity contribution < 1.29 is 9.18 Å². The zero-order chi connectivity index (χ0) is 16.0. The number of hydrogen-bond acceptors (Lipinski definition) is 2. The van der Waals surface area contributed by atoms with Crippen molar-refractivity contribution in [3.63, 3.8) is 0 Å². The van der Waals surface area contributed by atoms with E-state index >= 15 is 0 Å². The largest absolute Gasteiger partial charge is 0.344 e. The molecule has 1 saturated carbocycles. The summed E-state index contributed by atoms with van der Waals surface area (Å²) < 4.78 is 12.1. The lowest BCUT2D eigenvalue weighted by Crippen LogP contribution is -2.36. The van der Waals surface area contributed by atoms with Crippen LogP contribution in [0.1, 0.15) is 29.8 Å². The van der Waals surface area contributed by atoms with Crippen molar-refractivity contribution >= 4 is 40.4 Å². The highest BCUT2D eigenvalue weighted by Gasteiger charge is 2.68. The van der Waals surface area contributed by atoms with Gasteiger partial charge in [-0.15, -0.1) is 34.5 Å². The summed E-state index contributed by atoms with van der Waals surface area (Å²) in [5.41, 5.74) is 0.0299. The van der Waals surface area contributed by atoms with Gasteiger partial charge < -0.3 is 5.32 Å². The van der Waals surface area contributed by atoms with E-state index in [1.807, 2.05) is 17.5 Å². The second kappa shape index (κ2) is 5.52. The van der Waals surface area contributed by atoms with Gasteiger partial charge in [-0.3, -0.25) is 4.79 Å². The number of halogens is 3. The van der Waals surface area contributed by atoms with Crippen LogP contribution in [0.2, 0.25) is 0 Å². The van der Waals surface area contributed by atoms with E-state index in [2.05, 4.69) is 5.32 Å². The molecule has 2 atom stereocenters. The van der Waals surface area contributed by atoms with Gasteiger partial charge in [0.2, 0.25) is 5.91 Å². The van der Waals surface area contributed by atoms with Crippen LogP contribution in [0.5, 0.6) is 0 Å². The Kier molecular flexibility index (Phi) is 3.96. The average molecular weight is 358 g/mol. The number of nitrogens with one attached hydrogen (secondary N) is 1. The van der Waals surface area contributed by atoms with E-state index in [0.717, 1.165) is 10.4 Å². The van der Waals surface area contributed by atoms with E-state index in [0.29, 0.717) is 6.42 Å². The molecule has 3 rings (SSSR count). The normalized spacial score (nSPS) is 23.8. The Bertz CT molecular complexity index is 687. The monoisotopic (exact) mass is 357 g/mol. The number of amides is 1. The molecule has 0 bridgehead atoms. The molecule has 1 aliphatic carbocycles. The number of benzene rings is 1. The SMILES string of the molecule is C[C@]1(C(=O)N[C@H](c2ccc(F)cc2)c2cccs2)CC1(Cl)Cl. The van der Waals surface area contributed by atoms with E-state index in [1.165, 1.54) is 23.5 Å². The van der Waals surface area contributed by atoms with Crippen LogP contribution in [-0.4, -0.2) is 10.2 Å². The lowest BCUT2D eigenvalue weighted by atomic mass is 10.0. The predicted octanol–water partition coefficient (Wildman–Crippen LogP) is 4.68. The van der Waals surface area contributed by atoms with E-state index in [1.54, 1.807) is 19.1 Å². The highest BCUT2D eigenvalue weighted by molar-refractivity contribution is 7.10. The summed E-state index contributed by atoms with van der Waals surface area (Å²) in [6.45, 7) is 1.75. The van der Waals surface area contributed by atoms with Gasteiger partial charge >= 0.3 is 0 Å². The van der Waals surface area contributed by atoms with Crippen molar-refractivity contribution in [2.45, 2.75) is 23.7 Å². The van der Waals surface area contributed by atoms with Gasteiger partial charge in [0.25, 0.3) is 0 Å². The first-order valence-corrected chi connectivity index (χ1v) is 8.45. The molecule has 6 heteroatoms. The minimum absolute atomic E-state index is 0.194. The van der Waals surface area contributed by atoms with Crippen LogP contribution in [0.3, 0.4) is 0 Å². The fraction of sp³-hybridized carbons (Fsp3) is 0.312. The van der Waals surface area contributed by atoms with Crippen molar-refractivity contribution in [3.8, 4) is 0 Å². The molecule has 2 aromatic rings. The number of hydrogen-bond donors (Lipinski definition) is 1. The summed E-state index contributed by atoms with van der Waals surface area (Å²) in [4.78, 5) is 13.5. The van der Waals surface area contributed by atoms with Crippen LogP contribution in [0.15, 0.2) is 41.8 Å². The van der Waals surface area contributed by atoms with Crippen molar-refractivity contribution in [3.05, 3.63) is 58.0 Å². The van der Waals surface area contributed by atoms with Gasteiger partial charge in [-0.25, -0.2) is 4.39 Å². The topological polar surface area (TPSA) is 29.1 Å². The molecule has 0 unspecified atom stereocenters. The van der Waals surface area contributed by atoms with Gasteiger partial charge in [-0.2, -0.15) is 0 Å². The molecule has 0 radical (unpaired) electrons. The number of rotatable bonds is 4. The molecule has 0 spiro atoms. The lowest BCUT2D eigenvalue weighted by Gasteiger charge is -2.21. The Morgan fingerprint density at radius 1 is 1.32 bits per heavy atom. The molecule has 0 aliphatic heterocycles. The van der Waals surface area contributed by atoms with Crippen LogP contribution < -0.4 is 5.32 Å². The van der Waals surface area contributed by atoms with E-state index in [4.69, 9.17) is 23.2 Å². The van der Waals surface area contributed by atoms with Crippen molar-refractivity contribution in [1.29, 1.82) is 0 Å². The summed E-state index contributed by atoms with van der Waals surface area (Å²) in [6.07, 6.45) is 0.426. The second-order valence-electron chi connectivity index (χ2n) is 5.69. The molecule has 22 heavy (non-hydrogen) atoms. The summed E-state index contributed by atoms with van der Waals surface area (Å²) >= 11 is 13.7. The molecule has 116 valence electrons. The predicted molar refractivity (Wildman–Crippen MR) is 87.9 cm³/mol. The van der Waals surface area contributed by atoms with Gasteiger partial charge in [0.15, 0.2) is 0 Å². The van der Waals surface area contributed by atoms with Crippen LogP contribution in [0, 0.1) is 11.2 Å². The molecular weight excluding hydrogens is 344 g/mol. The van der Waals surface area contributed by atoms with Crippen molar-refractivity contribution in [2.75, 3.05) is 0 Å². The Morgan fingerprint density at radius 3 is 2.45 bits per heavy atom. The van der Waals surface area contributed by atoms with Crippen LogP contribution >= 0.6 is 34.5 Å². The Morgan fingerprint density at radius 2 is 1.95 bits per heavy atom. The third-order valence-corrected chi connectivity index (χ3v) is 6.10. The minimum atomic E-state index is -1.01. The van der Waals surface area contributed by atoms with E-state index in [-0.39, 0.29) is 17.8 Å². The molecule has 1 aromatic heterocycles. The number of alkyl halides is 2. The Balaban J connectivity index is 1.87. The zero-order valence-electron chi connectivity index (χ0n) is 11.8. The third kappa shape index (κ3) is 2.75. The van der Waals surface area contributed by atoms with E-state index < -0.39 is 9.75 Å². The molecule has 1 aliphatic rings. The molecular formula is C16H14Cl2FNOS. The Labute approximate surface area is 142 Å². The number of carbonyl (C=O) groups is 1. The molecule has 1 aromatic carbocycles. The highest BCUT2D eigenvalue weighted by atomic mass is 35.5. The molecule has 1 fully saturated rings. The smallest absolute Gasteiger partial charge is 0.229 e. The summed E-state index contributed by atoms with van der Waals surface area (Å²) in [7, 11) is 0. The molecule has 1 amide bonds. The van der Waals surface area contributed by atoms with Gasteiger partial charge in [0.1, 0.15) is 10.2 Å². The quantitative estimate of drug-likeness (QED) is 0.791. The minimum Gasteiger partial charge on any atom is -0.344 e. The average Bonchev–Trinajstić information content (AvgIpc) is 2.85. The molecule has 0 saturated heterocycles. The number of thiophene rings is 1. The fourth-order valence-corrected chi connectivity index (χ4v) is 3.87.